The minimum absolute atomic E-state index is 0. The van der Waals surface area contributed by atoms with Crippen LogP contribution < -0.4 is 28.7 Å². The van der Waals surface area contributed by atoms with E-state index in [1.165, 1.54) is 0 Å². The molecule has 3 heterocycles. The van der Waals surface area contributed by atoms with Gasteiger partial charge in [-0.1, -0.05) is 39.8 Å². The van der Waals surface area contributed by atoms with Crippen molar-refractivity contribution < 1.29 is 56.9 Å². The minimum atomic E-state index is -1.89. The number of ether oxygens (including phenoxy) is 2. The van der Waals surface area contributed by atoms with Gasteiger partial charge < -0.3 is 42.8 Å². The van der Waals surface area contributed by atoms with Gasteiger partial charge in [0.25, 0.3) is 0 Å². The Bertz CT molecular complexity index is 1070. The van der Waals surface area contributed by atoms with Crippen LogP contribution in [0.5, 0.6) is 5.75 Å². The molecule has 1 amide bonds. The summed E-state index contributed by atoms with van der Waals surface area (Å²) in [6.45, 7) is 11.7. The second-order valence-electron chi connectivity index (χ2n) is 11.5. The number of methoxy groups -OCH3 is 1. The highest BCUT2D eigenvalue weighted by Crippen LogP contribution is 2.51. The zero-order chi connectivity index (χ0) is 27.8. The normalized spacial score (nSPS) is 26.6. The summed E-state index contributed by atoms with van der Waals surface area (Å²) in [4.78, 5) is 35.3. The summed E-state index contributed by atoms with van der Waals surface area (Å²) in [5.41, 5.74) is 2.13. The lowest BCUT2D eigenvalue weighted by Crippen LogP contribution is -3.00. The molecule has 10 heteroatoms. The van der Waals surface area contributed by atoms with Gasteiger partial charge in [0.1, 0.15) is 30.7 Å². The number of quaternary nitrogens is 1. The Hall–Kier alpha value is -1.47. The lowest BCUT2D eigenvalue weighted by atomic mass is 9.77. The molecule has 1 aromatic rings. The van der Waals surface area contributed by atoms with Crippen molar-refractivity contribution in [2.24, 2.45) is 11.8 Å². The van der Waals surface area contributed by atoms with Crippen molar-refractivity contribution in [1.29, 1.82) is 0 Å². The molecule has 0 radical (unpaired) electrons. The fraction of sp³-hybridized carbons (Fsp3) is 0.655. The van der Waals surface area contributed by atoms with Crippen LogP contribution in [-0.4, -0.2) is 75.7 Å². The Morgan fingerprint density at radius 2 is 1.77 bits per heavy atom. The van der Waals surface area contributed by atoms with Crippen molar-refractivity contribution in [1.82, 2.24) is 4.90 Å². The van der Waals surface area contributed by atoms with E-state index in [9.17, 15) is 9.59 Å². The molecule has 2 saturated heterocycles. The van der Waals surface area contributed by atoms with Gasteiger partial charge in [-0.25, -0.2) is 4.79 Å². The Morgan fingerprint density at radius 3 is 2.28 bits per heavy atom. The maximum Gasteiger partial charge on any atom is 0.355 e. The van der Waals surface area contributed by atoms with E-state index in [4.69, 9.17) is 18.7 Å². The molecule has 2 fully saturated rings. The van der Waals surface area contributed by atoms with Gasteiger partial charge in [-0.3, -0.25) is 4.79 Å². The average molecular weight is 673 g/mol. The van der Waals surface area contributed by atoms with Gasteiger partial charge in [0.2, 0.25) is 5.91 Å². The lowest BCUT2D eigenvalue weighted by Gasteiger charge is -2.49. The van der Waals surface area contributed by atoms with Crippen LogP contribution in [0.3, 0.4) is 0 Å². The van der Waals surface area contributed by atoms with E-state index in [0.29, 0.717) is 10.3 Å². The molecule has 0 aliphatic carbocycles. The first-order valence-corrected chi connectivity index (χ1v) is 16.6. The number of esters is 1. The fourth-order valence-electron chi connectivity index (χ4n) is 6.50. The summed E-state index contributed by atoms with van der Waals surface area (Å²) in [5.74, 6) is -0.0559. The summed E-state index contributed by atoms with van der Waals surface area (Å²) in [5, 5.41) is 0. The van der Waals surface area contributed by atoms with Gasteiger partial charge in [-0.15, -0.1) is 0 Å². The van der Waals surface area contributed by atoms with Crippen LogP contribution in [0.2, 0.25) is 18.1 Å². The predicted molar refractivity (Wildman–Crippen MR) is 147 cm³/mol. The van der Waals surface area contributed by atoms with Crippen LogP contribution >= 0.6 is 0 Å². The number of hydrogen-bond donors (Lipinski definition) is 0. The molecule has 0 N–H and O–H groups in total. The number of rotatable bonds is 11. The first-order chi connectivity index (χ1) is 18.0. The topological polar surface area (TPSA) is 74.3 Å². The monoisotopic (exact) mass is 672 g/mol. The number of hydrogen-bond acceptors (Lipinski definition) is 6. The van der Waals surface area contributed by atoms with Crippen LogP contribution in [0.25, 0.3) is 0 Å². The number of halogens is 1. The van der Waals surface area contributed by atoms with Crippen LogP contribution in [0.4, 0.5) is 0 Å². The van der Waals surface area contributed by atoms with E-state index in [-0.39, 0.29) is 66.6 Å². The van der Waals surface area contributed by atoms with E-state index in [1.807, 2.05) is 45.3 Å². The van der Waals surface area contributed by atoms with Crippen molar-refractivity contribution in [3.05, 3.63) is 41.1 Å². The molecule has 4 rings (SSSR count). The highest BCUT2D eigenvalue weighted by atomic mass is 127. The second-order valence-corrected chi connectivity index (χ2v) is 16.2. The quantitative estimate of drug-likeness (QED) is 0.117. The van der Waals surface area contributed by atoms with Gasteiger partial charge in [0.15, 0.2) is 8.32 Å². The Labute approximate surface area is 251 Å². The summed E-state index contributed by atoms with van der Waals surface area (Å²) < 4.78 is 18.2. The zero-order valence-electron chi connectivity index (χ0n) is 24.7. The van der Waals surface area contributed by atoms with E-state index >= 15 is 0 Å². The number of fused-ring (bicyclic) bond motifs is 1. The fourth-order valence-corrected chi connectivity index (χ4v) is 9.44. The van der Waals surface area contributed by atoms with Crippen molar-refractivity contribution in [3.8, 4) is 5.75 Å². The highest BCUT2D eigenvalue weighted by molar-refractivity contribution is 6.73. The molecular weight excluding hydrogens is 627 g/mol. The maximum atomic E-state index is 13.7. The van der Waals surface area contributed by atoms with E-state index in [2.05, 4.69) is 27.7 Å². The molecule has 3 aliphatic rings. The molecule has 3 aliphatic heterocycles. The van der Waals surface area contributed by atoms with Crippen LogP contribution in [-0.2, 0) is 30.2 Å². The highest BCUT2D eigenvalue weighted by Gasteiger charge is 2.62. The molecule has 0 unspecified atom stereocenters. The number of carbonyl (C=O) groups excluding carboxylic acids is 2. The van der Waals surface area contributed by atoms with E-state index in [0.717, 1.165) is 48.0 Å². The Kier molecular flexibility index (Phi) is 10.3. The van der Waals surface area contributed by atoms with Crippen LogP contribution in [0.1, 0.15) is 46.6 Å². The predicted octanol–water partition coefficient (Wildman–Crippen LogP) is 1.66. The smallest absolute Gasteiger partial charge is 0.355 e. The summed E-state index contributed by atoms with van der Waals surface area (Å²) in [6.07, 6.45) is 0.379. The van der Waals surface area contributed by atoms with Crippen molar-refractivity contribution in [3.63, 3.8) is 0 Å². The molecule has 0 saturated carbocycles. The third-order valence-electron chi connectivity index (χ3n) is 8.99. The summed E-state index contributed by atoms with van der Waals surface area (Å²) in [6, 6.07) is 10.4. The van der Waals surface area contributed by atoms with Crippen molar-refractivity contribution >= 4 is 20.2 Å². The van der Waals surface area contributed by atoms with Gasteiger partial charge in [0, 0.05) is 17.9 Å². The van der Waals surface area contributed by atoms with Gasteiger partial charge in [-0.05, 0) is 42.8 Å². The van der Waals surface area contributed by atoms with Gasteiger partial charge in [-0.2, -0.15) is 9.48 Å². The molecule has 0 spiro atoms. The molecule has 39 heavy (non-hydrogen) atoms. The molecular formula is C29H45IN2O6Si. The van der Waals surface area contributed by atoms with E-state index < -0.39 is 14.3 Å². The van der Waals surface area contributed by atoms with Crippen molar-refractivity contribution in [2.45, 2.75) is 84.0 Å². The number of carbonyl (C=O) groups is 2. The SMILES string of the molecule is CC[Si](CC)(CC)O[C@H](C)[C@H]1C(=O)N2C(C(=O)OCc3ccc(OC)cc3)=C([C@@H]3CC[N+](C)(C)O3)[C@H](C)[C@H]12.[I-]. The van der Waals surface area contributed by atoms with Gasteiger partial charge >= 0.3 is 5.97 Å². The van der Waals surface area contributed by atoms with Crippen LogP contribution in [0.15, 0.2) is 35.5 Å². The number of nitrogens with zero attached hydrogens (tertiary/aromatic N) is 2. The average Bonchev–Trinajstić information content (AvgIpc) is 3.39. The standard InChI is InChI=1S/C29H45N2O6Si.HI/c1-9-38(10-2,11-3)37-20(5)25-26-19(4)24(23-16-17-31(6,7)36-23)27(30(26)28(25)32)29(33)35-18-21-12-14-22(34-8)15-13-21;/h12-15,19-20,23,25-26H,9-11,16-18H2,1-8H3;1H/q+1;/p-1/t19-,20+,23-,25+,26+;/m0./s1. The Balaban J connectivity index is 0.00000420. The molecule has 0 bridgehead atoms. The van der Waals surface area contributed by atoms with Crippen LogP contribution in [0, 0.1) is 11.8 Å². The van der Waals surface area contributed by atoms with Crippen molar-refractivity contribution in [2.75, 3.05) is 27.7 Å². The molecule has 5 atom stereocenters. The zero-order valence-corrected chi connectivity index (χ0v) is 27.8. The lowest BCUT2D eigenvalue weighted by molar-refractivity contribution is -1.06. The summed E-state index contributed by atoms with van der Waals surface area (Å²) in [7, 11) is 3.76. The molecule has 1 aromatic carbocycles. The minimum Gasteiger partial charge on any atom is -1.00 e. The van der Waals surface area contributed by atoms with Gasteiger partial charge in [0.05, 0.1) is 39.3 Å². The first kappa shape index (κ1) is 32.0. The molecule has 0 aromatic heterocycles. The van der Waals surface area contributed by atoms with E-state index in [1.54, 1.807) is 12.0 Å². The number of hydroxylamine groups is 3. The Morgan fingerprint density at radius 1 is 1.15 bits per heavy atom. The summed E-state index contributed by atoms with van der Waals surface area (Å²) >= 11 is 0. The second kappa shape index (κ2) is 12.6. The molecule has 218 valence electrons. The third kappa shape index (κ3) is 6.09. The number of benzene rings is 1. The number of amides is 1. The third-order valence-corrected chi connectivity index (χ3v) is 13.7. The number of β-lactam (4-membered cyclic amide) rings is 1. The molecule has 8 nitrogen and oxygen atoms in total. The largest absolute Gasteiger partial charge is 1.00 e. The first-order valence-electron chi connectivity index (χ1n) is 14.1. The maximum absolute atomic E-state index is 13.7.